The topological polar surface area (TPSA) is 0 Å². The summed E-state index contributed by atoms with van der Waals surface area (Å²) in [6, 6.07) is 6.69. The van der Waals surface area contributed by atoms with Crippen molar-refractivity contribution in [2.75, 3.05) is 0 Å². The van der Waals surface area contributed by atoms with Gasteiger partial charge in [0.1, 0.15) is 0 Å². The summed E-state index contributed by atoms with van der Waals surface area (Å²) in [5.41, 5.74) is -0.511. The first kappa shape index (κ1) is 16.0. The molecular weight excluding hydrogens is 316 g/mol. The molecule has 23 heavy (non-hydrogen) atoms. The van der Waals surface area contributed by atoms with Gasteiger partial charge in [0.05, 0.1) is 0 Å². The third-order valence-corrected chi connectivity index (χ3v) is 4.48. The second kappa shape index (κ2) is 4.58. The van der Waals surface area contributed by atoms with Gasteiger partial charge in [0, 0.05) is 5.41 Å². The van der Waals surface area contributed by atoms with Crippen LogP contribution in [0.1, 0.15) is 25.0 Å². The highest BCUT2D eigenvalue weighted by Crippen LogP contribution is 2.48. The summed E-state index contributed by atoms with van der Waals surface area (Å²) in [7, 11) is 0. The molecule has 2 aromatic carbocycles. The molecule has 0 aromatic heterocycles. The van der Waals surface area contributed by atoms with E-state index < -0.39 is 30.3 Å². The second-order valence-electron chi connectivity index (χ2n) is 6.38. The van der Waals surface area contributed by atoms with Gasteiger partial charge < -0.3 is 25.9 Å². The maximum atomic E-state index is 13.0. The number of hydrogen-bond acceptors (Lipinski definition) is 0. The van der Waals surface area contributed by atoms with Crippen molar-refractivity contribution in [1.82, 2.24) is 0 Å². The molecule has 0 bridgehead atoms. The Kier molecular flexibility index (Phi) is 3.19. The lowest BCUT2D eigenvalue weighted by Crippen LogP contribution is -2.34. The lowest BCUT2D eigenvalue weighted by molar-refractivity contribution is 0.499. The minimum Gasteiger partial charge on any atom is -0.445 e. The van der Waals surface area contributed by atoms with Crippen LogP contribution in [0.25, 0.3) is 11.1 Å². The van der Waals surface area contributed by atoms with Crippen LogP contribution in [0.2, 0.25) is 0 Å². The van der Waals surface area contributed by atoms with Crippen LogP contribution in [0.15, 0.2) is 36.4 Å². The van der Waals surface area contributed by atoms with E-state index in [-0.39, 0.29) is 11.1 Å². The van der Waals surface area contributed by atoms with Gasteiger partial charge in [-0.25, -0.2) is 0 Å². The van der Waals surface area contributed by atoms with Crippen LogP contribution in [-0.4, -0.2) is 14.0 Å². The van der Waals surface area contributed by atoms with Gasteiger partial charge in [-0.1, -0.05) is 50.2 Å². The maximum absolute atomic E-state index is 13.0. The minimum atomic E-state index is -5.20. The van der Waals surface area contributed by atoms with E-state index in [1.54, 1.807) is 13.8 Å². The molecule has 122 valence electrons. The molecule has 0 spiro atoms. The number of halogens is 6. The largest absolute Gasteiger partial charge is 0.509 e. The van der Waals surface area contributed by atoms with Crippen LogP contribution in [0.5, 0.6) is 0 Å². The highest BCUT2D eigenvalue weighted by Gasteiger charge is 2.38. The highest BCUT2D eigenvalue weighted by molar-refractivity contribution is 6.74. The third-order valence-electron chi connectivity index (χ3n) is 4.48. The summed E-state index contributed by atoms with van der Waals surface area (Å²) >= 11 is 0. The van der Waals surface area contributed by atoms with Crippen molar-refractivity contribution < 1.29 is 25.9 Å². The smallest absolute Gasteiger partial charge is 0.445 e. The number of fused-ring (bicyclic) bond motifs is 3. The second-order valence-corrected chi connectivity index (χ2v) is 6.38. The highest BCUT2D eigenvalue weighted by atomic mass is 19.4. The zero-order chi connectivity index (χ0) is 17.2. The van der Waals surface area contributed by atoms with Crippen LogP contribution in [0.3, 0.4) is 0 Å². The molecular formula is C15H12B2F6-2. The minimum absolute atomic E-state index is 0.239. The van der Waals surface area contributed by atoms with Crippen LogP contribution >= 0.6 is 0 Å². The van der Waals surface area contributed by atoms with Crippen LogP contribution in [0.4, 0.5) is 25.9 Å². The van der Waals surface area contributed by atoms with Gasteiger partial charge in [-0.2, -0.15) is 0 Å². The summed E-state index contributed by atoms with van der Waals surface area (Å²) < 4.78 is 77.9. The normalized spacial score (nSPS) is 16.2. The Morgan fingerprint density at radius 3 is 1.30 bits per heavy atom. The lowest BCUT2D eigenvalue weighted by Gasteiger charge is -2.23. The van der Waals surface area contributed by atoms with E-state index in [1.807, 2.05) is 0 Å². The Bertz CT molecular complexity index is 724. The van der Waals surface area contributed by atoms with E-state index >= 15 is 0 Å². The Labute approximate surface area is 129 Å². The molecule has 0 amide bonds. The molecule has 0 radical (unpaired) electrons. The molecule has 0 N–H and O–H groups in total. The zero-order valence-corrected chi connectivity index (χ0v) is 12.4. The Balaban J connectivity index is 2.28. The van der Waals surface area contributed by atoms with Gasteiger partial charge in [0.25, 0.3) is 0 Å². The van der Waals surface area contributed by atoms with Crippen molar-refractivity contribution in [1.29, 1.82) is 0 Å². The van der Waals surface area contributed by atoms with Gasteiger partial charge in [-0.3, -0.25) is 0 Å². The average molecular weight is 328 g/mol. The maximum Gasteiger partial charge on any atom is 0.509 e. The van der Waals surface area contributed by atoms with E-state index in [2.05, 4.69) is 0 Å². The van der Waals surface area contributed by atoms with Crippen molar-refractivity contribution in [3.8, 4) is 11.1 Å². The summed E-state index contributed by atoms with van der Waals surface area (Å²) in [5.74, 6) is 0. The Morgan fingerprint density at radius 2 is 1.00 bits per heavy atom. The van der Waals surface area contributed by atoms with E-state index in [0.29, 0.717) is 11.1 Å². The fraction of sp³-hybridized carbons (Fsp3) is 0.200. The fourth-order valence-corrected chi connectivity index (χ4v) is 3.21. The monoisotopic (exact) mass is 328 g/mol. The van der Waals surface area contributed by atoms with Gasteiger partial charge in [0.15, 0.2) is 0 Å². The number of hydrogen-bond donors (Lipinski definition) is 0. The molecule has 0 aliphatic heterocycles. The molecule has 8 heteroatoms. The summed E-state index contributed by atoms with van der Waals surface area (Å²) in [6.07, 6.45) is 0. The van der Waals surface area contributed by atoms with E-state index in [1.165, 1.54) is 12.1 Å². The first-order chi connectivity index (χ1) is 10.4. The summed E-state index contributed by atoms with van der Waals surface area (Å²) in [6.45, 7) is -6.80. The van der Waals surface area contributed by atoms with E-state index in [9.17, 15) is 25.9 Å². The summed E-state index contributed by atoms with van der Waals surface area (Å²) in [4.78, 5) is 0. The third kappa shape index (κ3) is 2.44. The van der Waals surface area contributed by atoms with Gasteiger partial charge >= 0.3 is 14.0 Å². The van der Waals surface area contributed by atoms with Crippen molar-refractivity contribution in [2.24, 2.45) is 0 Å². The van der Waals surface area contributed by atoms with Crippen LogP contribution in [-0.2, 0) is 5.41 Å². The Hall–Kier alpha value is -1.85. The Morgan fingerprint density at radius 1 is 0.652 bits per heavy atom. The number of rotatable bonds is 2. The first-order valence-corrected chi connectivity index (χ1v) is 7.11. The van der Waals surface area contributed by atoms with Crippen LogP contribution < -0.4 is 10.9 Å². The van der Waals surface area contributed by atoms with Gasteiger partial charge in [-0.05, 0) is 22.3 Å². The molecule has 0 fully saturated rings. The standard InChI is InChI=1S/C15H12B2F6/c1-15(2)13-5-3-9(16(18,19)20)7-11(13)12-8-10(17(21,22)23)4-6-14(12)15/h3-8H,1-2H3/q-2. The molecule has 1 aliphatic carbocycles. The molecule has 0 nitrogen and oxygen atoms in total. The molecule has 0 heterocycles. The van der Waals surface area contributed by atoms with Crippen molar-refractivity contribution in [2.45, 2.75) is 19.3 Å². The molecule has 1 aliphatic rings. The predicted octanol–water partition coefficient (Wildman–Crippen LogP) is 4.10. The quantitative estimate of drug-likeness (QED) is 0.575. The molecule has 0 saturated carbocycles. The summed E-state index contributed by atoms with van der Waals surface area (Å²) in [5, 5.41) is 0. The van der Waals surface area contributed by atoms with Crippen molar-refractivity contribution >= 4 is 24.9 Å². The average Bonchev–Trinajstić information content (AvgIpc) is 2.65. The molecule has 0 unspecified atom stereocenters. The number of benzene rings is 2. The zero-order valence-electron chi connectivity index (χ0n) is 12.4. The SMILES string of the molecule is CC1(C)c2ccc([B-](F)(F)F)cc2-c2cc([B-](F)(F)F)ccc21. The molecule has 0 atom stereocenters. The molecule has 3 rings (SSSR count). The van der Waals surface area contributed by atoms with Crippen molar-refractivity contribution in [3.05, 3.63) is 47.5 Å². The lowest BCUT2D eigenvalue weighted by atomic mass is 9.76. The van der Waals surface area contributed by atoms with E-state index in [0.717, 1.165) is 24.3 Å². The predicted molar refractivity (Wildman–Crippen MR) is 81.4 cm³/mol. The van der Waals surface area contributed by atoms with Crippen molar-refractivity contribution in [3.63, 3.8) is 0 Å². The first-order valence-electron chi connectivity index (χ1n) is 7.11. The van der Waals surface area contributed by atoms with Crippen LogP contribution in [0, 0.1) is 0 Å². The van der Waals surface area contributed by atoms with Gasteiger partial charge in [-0.15, -0.1) is 10.9 Å². The fourth-order valence-electron chi connectivity index (χ4n) is 3.21. The molecule has 2 aromatic rings. The van der Waals surface area contributed by atoms with Gasteiger partial charge in [0.2, 0.25) is 0 Å². The van der Waals surface area contributed by atoms with E-state index in [4.69, 9.17) is 0 Å². The molecule has 0 saturated heterocycles.